The molecule has 7 heteroatoms. The molecule has 1 unspecified atom stereocenters. The van der Waals surface area contributed by atoms with Crippen LogP contribution in [0.5, 0.6) is 0 Å². The first-order chi connectivity index (χ1) is 17.9. The number of hydrogen-bond acceptors (Lipinski definition) is 5. The van der Waals surface area contributed by atoms with Crippen molar-refractivity contribution in [3.8, 4) is 0 Å². The molecule has 37 heavy (non-hydrogen) atoms. The zero-order chi connectivity index (χ0) is 26.8. The Morgan fingerprint density at radius 3 is 2.30 bits per heavy atom. The summed E-state index contributed by atoms with van der Waals surface area (Å²) in [4.78, 5) is 27.8. The maximum Gasteiger partial charge on any atom is 0.331 e. The molecule has 0 aliphatic rings. The number of unbranched alkanes of at least 4 members (excludes halogenated alkanes) is 5. The molecule has 0 N–H and O–H groups in total. The van der Waals surface area contributed by atoms with Gasteiger partial charge < -0.3 is 9.40 Å². The molecule has 1 aromatic heterocycles. The molecule has 7 nitrogen and oxygen atoms in total. The summed E-state index contributed by atoms with van der Waals surface area (Å²) in [6, 6.07) is 11.3. The Morgan fingerprint density at radius 1 is 0.973 bits per heavy atom. The number of benzene rings is 2. The second kappa shape index (κ2) is 13.9. The molecule has 0 aliphatic carbocycles. The largest absolute Gasteiger partial charge is 0.340 e. The first-order valence-corrected chi connectivity index (χ1v) is 13.8. The van der Waals surface area contributed by atoms with Crippen LogP contribution in [0.25, 0.3) is 21.8 Å². The molecule has 0 bridgehead atoms. The van der Waals surface area contributed by atoms with Crippen LogP contribution in [0.3, 0.4) is 0 Å². The van der Waals surface area contributed by atoms with Gasteiger partial charge >= 0.3 is 5.97 Å². The highest BCUT2D eigenvalue weighted by Crippen LogP contribution is 2.34. The Bertz CT molecular complexity index is 1240. The third-order valence-electron chi connectivity index (χ3n) is 7.18. The maximum atomic E-state index is 11.6. The van der Waals surface area contributed by atoms with Crippen LogP contribution in [0.2, 0.25) is 0 Å². The first-order valence-electron chi connectivity index (χ1n) is 13.8. The van der Waals surface area contributed by atoms with Gasteiger partial charge in [0, 0.05) is 53.0 Å². The second-order valence-corrected chi connectivity index (χ2v) is 10.0. The molecule has 3 rings (SSSR count). The van der Waals surface area contributed by atoms with Crippen LogP contribution in [-0.2, 0) is 16.2 Å². The molecule has 0 saturated carbocycles. The minimum Gasteiger partial charge on any atom is -0.340 e. The Kier molecular flexibility index (Phi) is 10.7. The molecule has 1 atom stereocenters. The lowest BCUT2D eigenvalue weighted by Crippen LogP contribution is -2.10. The van der Waals surface area contributed by atoms with Gasteiger partial charge in [-0.2, -0.15) is 0 Å². The molecule has 0 fully saturated rings. The fraction of sp³-hybridized carbons (Fsp3) is 0.533. The molecule has 1 heterocycles. The van der Waals surface area contributed by atoms with Crippen molar-refractivity contribution in [2.45, 2.75) is 98.4 Å². The van der Waals surface area contributed by atoms with E-state index in [1.807, 2.05) is 12.1 Å². The van der Waals surface area contributed by atoms with Crippen LogP contribution in [0.15, 0.2) is 41.6 Å². The van der Waals surface area contributed by atoms with Crippen LogP contribution >= 0.6 is 0 Å². The lowest BCUT2D eigenvalue weighted by molar-refractivity contribution is -0.384. The Morgan fingerprint density at radius 2 is 1.65 bits per heavy atom. The van der Waals surface area contributed by atoms with Crippen molar-refractivity contribution < 1.29 is 14.6 Å². The van der Waals surface area contributed by atoms with Crippen molar-refractivity contribution in [3.63, 3.8) is 0 Å². The monoisotopic (exact) mass is 507 g/mol. The van der Waals surface area contributed by atoms with E-state index in [0.717, 1.165) is 65.3 Å². The van der Waals surface area contributed by atoms with E-state index in [1.165, 1.54) is 39.0 Å². The lowest BCUT2D eigenvalue weighted by Gasteiger charge is -2.17. The van der Waals surface area contributed by atoms with Gasteiger partial charge in [0.1, 0.15) is 0 Å². The van der Waals surface area contributed by atoms with E-state index >= 15 is 0 Å². The molecular formula is C30H41N3O4. The number of nitro benzene ring substituents is 1. The summed E-state index contributed by atoms with van der Waals surface area (Å²) in [7, 11) is 0. The summed E-state index contributed by atoms with van der Waals surface area (Å²) < 4.78 is 2.32. The fourth-order valence-electron chi connectivity index (χ4n) is 5.02. The van der Waals surface area contributed by atoms with Gasteiger partial charge in [0.05, 0.1) is 10.6 Å². The van der Waals surface area contributed by atoms with Crippen molar-refractivity contribution >= 4 is 39.2 Å². The minimum absolute atomic E-state index is 0.0831. The SMILES string of the molecule is CCCCCCC/C(=N\OC(C)=O)c1ccc2c(c1)c1cc([N+](=O)[O-])ccc1n2CC(CC)CCCC. The van der Waals surface area contributed by atoms with Crippen LogP contribution in [0, 0.1) is 16.0 Å². The van der Waals surface area contributed by atoms with E-state index in [-0.39, 0.29) is 10.6 Å². The van der Waals surface area contributed by atoms with E-state index < -0.39 is 5.97 Å². The smallest absolute Gasteiger partial charge is 0.331 e. The standard InChI is InChI=1S/C30H41N3O4/c1-5-8-10-11-12-14-28(31-37-22(4)34)24-15-17-29-26(19-24)27-20-25(33(35)36)16-18-30(27)32(29)21-23(7-3)13-9-6-2/h15-20,23H,5-14,21H2,1-4H3/b31-28+. The molecule has 3 aromatic rings. The summed E-state index contributed by atoms with van der Waals surface area (Å²) in [5.74, 6) is 0.0901. The predicted molar refractivity (Wildman–Crippen MR) is 151 cm³/mol. The van der Waals surface area contributed by atoms with Crippen molar-refractivity contribution in [2.24, 2.45) is 11.1 Å². The predicted octanol–water partition coefficient (Wildman–Crippen LogP) is 8.55. The van der Waals surface area contributed by atoms with Gasteiger partial charge in [0.15, 0.2) is 0 Å². The molecule has 2 aromatic carbocycles. The normalized spacial score (nSPS) is 12.8. The Balaban J connectivity index is 2.08. The fourth-order valence-corrected chi connectivity index (χ4v) is 5.02. The number of hydrogen-bond donors (Lipinski definition) is 0. The average molecular weight is 508 g/mol. The number of carbonyl (C=O) groups is 1. The highest BCUT2D eigenvalue weighted by Gasteiger charge is 2.19. The van der Waals surface area contributed by atoms with Crippen molar-refractivity contribution in [1.82, 2.24) is 4.57 Å². The Hall–Kier alpha value is -3.22. The number of fused-ring (bicyclic) bond motifs is 3. The summed E-state index contributed by atoms with van der Waals surface area (Å²) in [6.45, 7) is 8.86. The summed E-state index contributed by atoms with van der Waals surface area (Å²) in [5, 5.41) is 17.6. The highest BCUT2D eigenvalue weighted by atomic mass is 16.7. The topological polar surface area (TPSA) is 86.7 Å². The zero-order valence-electron chi connectivity index (χ0n) is 22.8. The molecule has 0 amide bonds. The first kappa shape index (κ1) is 28.4. The van der Waals surface area contributed by atoms with Gasteiger partial charge in [0.25, 0.3) is 5.69 Å². The van der Waals surface area contributed by atoms with Crippen LogP contribution in [-0.4, -0.2) is 21.2 Å². The molecule has 0 aliphatic heterocycles. The molecule has 0 spiro atoms. The van der Waals surface area contributed by atoms with Crippen molar-refractivity contribution in [1.29, 1.82) is 0 Å². The van der Waals surface area contributed by atoms with E-state index in [0.29, 0.717) is 12.3 Å². The molecule has 200 valence electrons. The third-order valence-corrected chi connectivity index (χ3v) is 7.18. The number of carbonyl (C=O) groups excluding carboxylic acids is 1. The van der Waals surface area contributed by atoms with Gasteiger partial charge in [0.2, 0.25) is 0 Å². The average Bonchev–Trinajstić information content (AvgIpc) is 3.19. The van der Waals surface area contributed by atoms with E-state index in [4.69, 9.17) is 4.84 Å². The molecular weight excluding hydrogens is 466 g/mol. The quantitative estimate of drug-likeness (QED) is 0.0678. The van der Waals surface area contributed by atoms with Crippen molar-refractivity contribution in [2.75, 3.05) is 0 Å². The van der Waals surface area contributed by atoms with Crippen molar-refractivity contribution in [3.05, 3.63) is 52.1 Å². The van der Waals surface area contributed by atoms with Gasteiger partial charge in [-0.15, -0.1) is 0 Å². The van der Waals surface area contributed by atoms with Gasteiger partial charge in [-0.05, 0) is 43.4 Å². The highest BCUT2D eigenvalue weighted by molar-refractivity contribution is 6.12. The van der Waals surface area contributed by atoms with E-state index in [2.05, 4.69) is 42.6 Å². The number of oxime groups is 1. The summed E-state index contributed by atoms with van der Waals surface area (Å²) in [6.07, 6.45) is 10.9. The zero-order valence-corrected chi connectivity index (χ0v) is 22.8. The van der Waals surface area contributed by atoms with E-state index in [9.17, 15) is 14.9 Å². The number of nitrogens with zero attached hydrogens (tertiary/aromatic N) is 3. The number of nitro groups is 1. The number of aromatic nitrogens is 1. The van der Waals surface area contributed by atoms with Gasteiger partial charge in [-0.25, -0.2) is 4.79 Å². The van der Waals surface area contributed by atoms with Gasteiger partial charge in [-0.1, -0.05) is 76.9 Å². The van der Waals surface area contributed by atoms with Crippen LogP contribution < -0.4 is 0 Å². The van der Waals surface area contributed by atoms with Gasteiger partial charge in [-0.3, -0.25) is 10.1 Å². The van der Waals surface area contributed by atoms with E-state index in [1.54, 1.807) is 12.1 Å². The molecule has 0 saturated heterocycles. The third kappa shape index (κ3) is 7.40. The summed E-state index contributed by atoms with van der Waals surface area (Å²) >= 11 is 0. The minimum atomic E-state index is -0.450. The van der Waals surface area contributed by atoms with Crippen LogP contribution in [0.4, 0.5) is 5.69 Å². The lowest BCUT2D eigenvalue weighted by atomic mass is 9.99. The Labute approximate surface area is 220 Å². The maximum absolute atomic E-state index is 11.6. The second-order valence-electron chi connectivity index (χ2n) is 10.0. The van der Waals surface area contributed by atoms with Crippen LogP contribution in [0.1, 0.15) is 97.5 Å². The number of rotatable bonds is 15. The summed E-state index contributed by atoms with van der Waals surface area (Å²) in [5.41, 5.74) is 3.76. The molecule has 0 radical (unpaired) electrons. The number of non-ortho nitro benzene ring substituents is 1.